The molecule has 0 amide bonds. The molecule has 0 saturated carbocycles. The molecule has 400 valence electrons. The molecule has 0 fully saturated rings. The van der Waals surface area contributed by atoms with Crippen molar-refractivity contribution in [3.05, 3.63) is 134 Å². The number of hydrogen-bond acceptors (Lipinski definition) is 6. The molecule has 0 aliphatic rings. The van der Waals surface area contributed by atoms with Gasteiger partial charge < -0.3 is 14.2 Å². The van der Waals surface area contributed by atoms with Gasteiger partial charge in [0.25, 0.3) is 0 Å². The van der Waals surface area contributed by atoms with E-state index in [0.29, 0.717) is 12.8 Å². The average molecular weight is 982 g/mol. The maximum atomic E-state index is 12.9. The van der Waals surface area contributed by atoms with Crippen LogP contribution in [-0.4, -0.2) is 37.2 Å². The highest BCUT2D eigenvalue weighted by atomic mass is 16.6. The van der Waals surface area contributed by atoms with Crippen molar-refractivity contribution in [2.75, 3.05) is 13.2 Å². The first kappa shape index (κ1) is 66.6. The van der Waals surface area contributed by atoms with Crippen LogP contribution in [0, 0.1) is 0 Å². The zero-order chi connectivity index (χ0) is 51.4. The first-order valence-corrected chi connectivity index (χ1v) is 28.7. The van der Waals surface area contributed by atoms with Crippen molar-refractivity contribution in [1.82, 2.24) is 0 Å². The monoisotopic (exact) mass is 981 g/mol. The summed E-state index contributed by atoms with van der Waals surface area (Å²) in [5.41, 5.74) is 0. The van der Waals surface area contributed by atoms with E-state index in [4.69, 9.17) is 14.2 Å². The standard InChI is InChI=1S/C65H104O6/c1-4-7-10-13-16-19-22-25-28-31-33-35-37-40-43-46-49-52-55-58-64(67)70-61-62(60-69-63(66)57-54-51-48-45-42-39-36-30-27-24-21-18-15-12-9-6-3)71-65(68)59-56-53-50-47-44-41-38-34-32-29-26-23-20-17-14-11-8-5-2/h7,10,16,19,23,25-26,28-30,32-36,38-40,42-43,49,52,62H,4-6,8-9,11-15,17-18,20-22,24,27,31,37,41,44-48,50-51,53-61H2,1-3H3/b10-7-,19-16-,26-23-,28-25-,32-29-,35-33-,36-30-,38-34-,42-39-,43-40-,52-49-. The van der Waals surface area contributed by atoms with Crippen LogP contribution in [0.1, 0.15) is 239 Å². The summed E-state index contributed by atoms with van der Waals surface area (Å²) in [4.78, 5) is 38.1. The Morgan fingerprint density at radius 1 is 0.310 bits per heavy atom. The van der Waals surface area contributed by atoms with Crippen molar-refractivity contribution in [2.45, 2.75) is 245 Å². The fourth-order valence-corrected chi connectivity index (χ4v) is 7.40. The summed E-state index contributed by atoms with van der Waals surface area (Å²) in [6, 6.07) is 0. The highest BCUT2D eigenvalue weighted by Gasteiger charge is 2.19. The topological polar surface area (TPSA) is 78.9 Å². The van der Waals surface area contributed by atoms with Gasteiger partial charge in [0, 0.05) is 19.3 Å². The highest BCUT2D eigenvalue weighted by molar-refractivity contribution is 5.71. The van der Waals surface area contributed by atoms with E-state index < -0.39 is 6.10 Å². The van der Waals surface area contributed by atoms with Crippen molar-refractivity contribution >= 4 is 17.9 Å². The van der Waals surface area contributed by atoms with Crippen molar-refractivity contribution in [2.24, 2.45) is 0 Å². The van der Waals surface area contributed by atoms with E-state index in [0.717, 1.165) is 116 Å². The van der Waals surface area contributed by atoms with Crippen LogP contribution >= 0.6 is 0 Å². The van der Waals surface area contributed by atoms with Crippen LogP contribution in [-0.2, 0) is 28.6 Å². The van der Waals surface area contributed by atoms with E-state index in [-0.39, 0.29) is 44.0 Å². The lowest BCUT2D eigenvalue weighted by atomic mass is 10.1. The van der Waals surface area contributed by atoms with Gasteiger partial charge in [-0.25, -0.2) is 0 Å². The lowest BCUT2D eigenvalue weighted by molar-refractivity contribution is -0.166. The van der Waals surface area contributed by atoms with Gasteiger partial charge in [-0.05, 0) is 109 Å². The van der Waals surface area contributed by atoms with E-state index in [1.807, 2.05) is 12.2 Å². The second-order valence-electron chi connectivity index (χ2n) is 18.5. The zero-order valence-corrected chi connectivity index (χ0v) is 45.7. The van der Waals surface area contributed by atoms with Gasteiger partial charge >= 0.3 is 17.9 Å². The predicted molar refractivity (Wildman–Crippen MR) is 306 cm³/mol. The molecule has 0 aromatic rings. The van der Waals surface area contributed by atoms with Gasteiger partial charge in [0.2, 0.25) is 0 Å². The molecular formula is C65H104O6. The van der Waals surface area contributed by atoms with E-state index >= 15 is 0 Å². The number of allylic oxidation sites excluding steroid dienone is 22. The Morgan fingerprint density at radius 3 is 1.06 bits per heavy atom. The molecule has 0 aromatic heterocycles. The molecule has 71 heavy (non-hydrogen) atoms. The molecule has 0 aliphatic heterocycles. The number of unbranched alkanes of at least 4 members (excludes halogenated alkanes) is 20. The van der Waals surface area contributed by atoms with Gasteiger partial charge in [0.1, 0.15) is 13.2 Å². The Kier molecular flexibility index (Phi) is 54.5. The number of carbonyl (C=O) groups excluding carboxylic acids is 3. The minimum Gasteiger partial charge on any atom is -0.462 e. The zero-order valence-electron chi connectivity index (χ0n) is 45.7. The largest absolute Gasteiger partial charge is 0.462 e. The summed E-state index contributed by atoms with van der Waals surface area (Å²) in [6.45, 7) is 6.39. The number of esters is 3. The van der Waals surface area contributed by atoms with Crippen LogP contribution in [0.5, 0.6) is 0 Å². The molecule has 0 radical (unpaired) electrons. The second-order valence-corrected chi connectivity index (χ2v) is 18.5. The summed E-state index contributed by atoms with van der Waals surface area (Å²) < 4.78 is 16.8. The Labute approximate surface area is 436 Å². The van der Waals surface area contributed by atoms with Crippen LogP contribution in [0.25, 0.3) is 0 Å². The third-order valence-electron chi connectivity index (χ3n) is 11.7. The Morgan fingerprint density at radius 2 is 0.634 bits per heavy atom. The number of carbonyl (C=O) groups is 3. The molecule has 6 nitrogen and oxygen atoms in total. The molecule has 0 bridgehead atoms. The summed E-state index contributed by atoms with van der Waals surface area (Å²) in [5, 5.41) is 0. The molecule has 0 rings (SSSR count). The Bertz CT molecular complexity index is 1550. The fourth-order valence-electron chi connectivity index (χ4n) is 7.40. The van der Waals surface area contributed by atoms with Gasteiger partial charge in [-0.15, -0.1) is 0 Å². The lowest BCUT2D eigenvalue weighted by Gasteiger charge is -2.18. The van der Waals surface area contributed by atoms with Crippen molar-refractivity contribution < 1.29 is 28.6 Å². The number of hydrogen-bond donors (Lipinski definition) is 0. The first-order chi connectivity index (χ1) is 35.0. The molecule has 0 aliphatic carbocycles. The average Bonchev–Trinajstić information content (AvgIpc) is 3.37. The molecule has 1 atom stereocenters. The molecule has 0 heterocycles. The molecule has 0 saturated heterocycles. The van der Waals surface area contributed by atoms with E-state index in [2.05, 4.69) is 142 Å². The molecular weight excluding hydrogens is 877 g/mol. The summed E-state index contributed by atoms with van der Waals surface area (Å²) >= 11 is 0. The molecule has 1 unspecified atom stereocenters. The van der Waals surface area contributed by atoms with Crippen LogP contribution in [0.15, 0.2) is 134 Å². The summed E-state index contributed by atoms with van der Waals surface area (Å²) in [7, 11) is 0. The Balaban J connectivity index is 4.61. The van der Waals surface area contributed by atoms with Crippen LogP contribution in [0.4, 0.5) is 0 Å². The number of ether oxygens (including phenoxy) is 3. The third kappa shape index (κ3) is 56.3. The SMILES string of the molecule is CC/C=C\C/C=C\C/C=C\C/C=C\C/C=C\C/C=C\CCC(=O)OCC(COC(=O)CCCCC/C=C\C=C/CCCCCCCCC)OC(=O)CCCCCCC\C=C/C=C\C=C/CCCCCCC. The van der Waals surface area contributed by atoms with E-state index in [1.54, 1.807) is 0 Å². The van der Waals surface area contributed by atoms with Gasteiger partial charge in [0.15, 0.2) is 6.10 Å². The maximum absolute atomic E-state index is 12.9. The van der Waals surface area contributed by atoms with Crippen molar-refractivity contribution in [1.29, 1.82) is 0 Å². The lowest BCUT2D eigenvalue weighted by Crippen LogP contribution is -2.30. The van der Waals surface area contributed by atoms with Crippen molar-refractivity contribution in [3.8, 4) is 0 Å². The van der Waals surface area contributed by atoms with Gasteiger partial charge in [-0.3, -0.25) is 14.4 Å². The maximum Gasteiger partial charge on any atom is 0.306 e. The number of rotatable bonds is 50. The van der Waals surface area contributed by atoms with Crippen molar-refractivity contribution in [3.63, 3.8) is 0 Å². The fraction of sp³-hybridized carbons (Fsp3) is 0.615. The van der Waals surface area contributed by atoms with Crippen LogP contribution < -0.4 is 0 Å². The molecule has 0 aromatic carbocycles. The van der Waals surface area contributed by atoms with Gasteiger partial charge in [0.05, 0.1) is 0 Å². The van der Waals surface area contributed by atoms with Crippen LogP contribution in [0.2, 0.25) is 0 Å². The quantitative estimate of drug-likeness (QED) is 0.0199. The highest BCUT2D eigenvalue weighted by Crippen LogP contribution is 2.12. The molecule has 0 spiro atoms. The van der Waals surface area contributed by atoms with Gasteiger partial charge in [-0.1, -0.05) is 244 Å². The molecule has 0 N–H and O–H groups in total. The summed E-state index contributed by atoms with van der Waals surface area (Å²) in [6.07, 6.45) is 81.6. The smallest absolute Gasteiger partial charge is 0.306 e. The van der Waals surface area contributed by atoms with Crippen LogP contribution in [0.3, 0.4) is 0 Å². The predicted octanol–water partition coefficient (Wildman–Crippen LogP) is 19.4. The first-order valence-electron chi connectivity index (χ1n) is 28.7. The van der Waals surface area contributed by atoms with E-state index in [1.165, 1.54) is 77.0 Å². The second kappa shape index (κ2) is 58.1. The Hall–Kier alpha value is -4.45. The van der Waals surface area contributed by atoms with E-state index in [9.17, 15) is 14.4 Å². The third-order valence-corrected chi connectivity index (χ3v) is 11.7. The molecule has 6 heteroatoms. The normalized spacial score (nSPS) is 13.1. The minimum absolute atomic E-state index is 0.128. The van der Waals surface area contributed by atoms with Gasteiger partial charge in [-0.2, -0.15) is 0 Å². The summed E-state index contributed by atoms with van der Waals surface area (Å²) in [5.74, 6) is -1.06. The minimum atomic E-state index is -0.836.